The lowest BCUT2D eigenvalue weighted by molar-refractivity contribution is 0.0430. The topological polar surface area (TPSA) is 74.9 Å². The van der Waals surface area contributed by atoms with Gasteiger partial charge in [0.05, 0.1) is 21.8 Å². The van der Waals surface area contributed by atoms with E-state index in [9.17, 15) is 5.11 Å². The summed E-state index contributed by atoms with van der Waals surface area (Å²) < 4.78 is 12.7. The molecule has 200 valence electrons. The van der Waals surface area contributed by atoms with Crippen molar-refractivity contribution in [3.8, 4) is 28.1 Å². The summed E-state index contributed by atoms with van der Waals surface area (Å²) in [4.78, 5) is 9.17. The van der Waals surface area contributed by atoms with Crippen molar-refractivity contribution >= 4 is 21.6 Å². The lowest BCUT2D eigenvalue weighted by Gasteiger charge is -2.35. The van der Waals surface area contributed by atoms with Gasteiger partial charge in [0, 0.05) is 50.4 Å². The number of aliphatic hydroxyl groups is 1. The van der Waals surface area contributed by atoms with Crippen molar-refractivity contribution in [3.63, 3.8) is 0 Å². The molecule has 1 saturated heterocycles. The molecule has 6 rings (SSSR count). The minimum absolute atomic E-state index is 0.266. The molecule has 3 heterocycles. The summed E-state index contributed by atoms with van der Waals surface area (Å²) in [5.41, 5.74) is 5.24. The number of hydrogen-bond acceptors (Lipinski definition) is 8. The van der Waals surface area contributed by atoms with Crippen LogP contribution in [0.25, 0.3) is 32.6 Å². The Labute approximate surface area is 232 Å². The predicted octanol–water partition coefficient (Wildman–Crippen LogP) is 5.48. The van der Waals surface area contributed by atoms with Crippen LogP contribution in [0.5, 0.6) is 5.75 Å². The highest BCUT2D eigenvalue weighted by Gasteiger charge is 2.21. The monoisotopic (exact) mass is 540 g/mol. The minimum atomic E-state index is -0.547. The molecular formula is C31H32N4O3S. The molecule has 0 aliphatic carbocycles. The standard InChI is InChI=1S/C31H32N4O3S/c1-22-32-30-17-27(11-12-31(30)39-22)37-21-26(36)19-34-13-15-35(16-14-34)20-28-18-29(33-38-28)25-9-7-24(8-10-25)23-5-3-2-4-6-23/h2-12,17-18,26,36H,13-16,19-21H2,1H3. The van der Waals surface area contributed by atoms with E-state index in [-0.39, 0.29) is 6.61 Å². The van der Waals surface area contributed by atoms with Gasteiger partial charge in [-0.3, -0.25) is 9.80 Å². The first-order chi connectivity index (χ1) is 19.1. The largest absolute Gasteiger partial charge is 0.491 e. The first-order valence-corrected chi connectivity index (χ1v) is 14.1. The van der Waals surface area contributed by atoms with Gasteiger partial charge < -0.3 is 14.4 Å². The second-order valence-electron chi connectivity index (χ2n) is 10.0. The van der Waals surface area contributed by atoms with E-state index in [4.69, 9.17) is 9.26 Å². The fourth-order valence-electron chi connectivity index (χ4n) is 4.99. The second kappa shape index (κ2) is 11.7. The zero-order chi connectivity index (χ0) is 26.6. The Morgan fingerprint density at radius 3 is 2.41 bits per heavy atom. The Morgan fingerprint density at radius 1 is 0.897 bits per heavy atom. The van der Waals surface area contributed by atoms with Crippen LogP contribution in [0.4, 0.5) is 0 Å². The van der Waals surface area contributed by atoms with Gasteiger partial charge in [0.15, 0.2) is 5.76 Å². The summed E-state index contributed by atoms with van der Waals surface area (Å²) in [5.74, 6) is 1.61. The fourth-order valence-corrected chi connectivity index (χ4v) is 5.80. The molecular weight excluding hydrogens is 508 g/mol. The van der Waals surface area contributed by atoms with E-state index in [1.54, 1.807) is 11.3 Å². The quantitative estimate of drug-likeness (QED) is 0.265. The number of piperazine rings is 1. The van der Waals surface area contributed by atoms with Crippen LogP contribution < -0.4 is 4.74 Å². The maximum Gasteiger partial charge on any atom is 0.151 e. The number of fused-ring (bicyclic) bond motifs is 1. The van der Waals surface area contributed by atoms with Crippen LogP contribution in [0.15, 0.2) is 83.4 Å². The average Bonchev–Trinajstić information content (AvgIpc) is 3.59. The Hall–Kier alpha value is -3.56. The Morgan fingerprint density at radius 2 is 1.62 bits per heavy atom. The SMILES string of the molecule is Cc1nc2cc(OCC(O)CN3CCN(Cc4cc(-c5ccc(-c6ccccc6)cc5)no4)CC3)ccc2s1. The summed E-state index contributed by atoms with van der Waals surface area (Å²) in [6.45, 7) is 7.20. The summed E-state index contributed by atoms with van der Waals surface area (Å²) in [6.07, 6.45) is -0.547. The average molecular weight is 541 g/mol. The number of aliphatic hydroxyl groups excluding tert-OH is 1. The highest BCUT2D eigenvalue weighted by molar-refractivity contribution is 7.18. The number of aromatic nitrogens is 2. The molecule has 8 heteroatoms. The predicted molar refractivity (Wildman–Crippen MR) is 155 cm³/mol. The minimum Gasteiger partial charge on any atom is -0.491 e. The van der Waals surface area contributed by atoms with Gasteiger partial charge in [-0.05, 0) is 30.2 Å². The molecule has 3 aromatic carbocycles. The highest BCUT2D eigenvalue weighted by Crippen LogP contribution is 2.26. The van der Waals surface area contributed by atoms with E-state index in [0.717, 1.165) is 70.7 Å². The summed E-state index contributed by atoms with van der Waals surface area (Å²) in [6, 6.07) is 26.7. The second-order valence-corrected chi connectivity index (χ2v) is 11.3. The zero-order valence-corrected chi connectivity index (χ0v) is 22.8. The maximum atomic E-state index is 10.6. The van der Waals surface area contributed by atoms with Crippen molar-refractivity contribution in [2.24, 2.45) is 0 Å². The van der Waals surface area contributed by atoms with Crippen molar-refractivity contribution in [2.45, 2.75) is 19.6 Å². The van der Waals surface area contributed by atoms with Crippen LogP contribution >= 0.6 is 11.3 Å². The molecule has 1 N–H and O–H groups in total. The van der Waals surface area contributed by atoms with E-state index < -0.39 is 6.10 Å². The molecule has 0 amide bonds. The van der Waals surface area contributed by atoms with Gasteiger partial charge in [-0.2, -0.15) is 0 Å². The van der Waals surface area contributed by atoms with Crippen molar-refractivity contribution in [1.29, 1.82) is 0 Å². The number of thiazole rings is 1. The van der Waals surface area contributed by atoms with Crippen LogP contribution in [0.3, 0.4) is 0 Å². The van der Waals surface area contributed by atoms with E-state index in [0.29, 0.717) is 6.54 Å². The third-order valence-corrected chi connectivity index (χ3v) is 8.02. The summed E-state index contributed by atoms with van der Waals surface area (Å²) in [7, 11) is 0. The number of rotatable bonds is 9. The van der Waals surface area contributed by atoms with Crippen molar-refractivity contribution in [3.05, 3.63) is 89.6 Å². The molecule has 1 aliphatic rings. The van der Waals surface area contributed by atoms with E-state index in [2.05, 4.69) is 68.5 Å². The molecule has 0 bridgehead atoms. The Bertz CT molecular complexity index is 1510. The van der Waals surface area contributed by atoms with Gasteiger partial charge >= 0.3 is 0 Å². The lowest BCUT2D eigenvalue weighted by Crippen LogP contribution is -2.48. The molecule has 39 heavy (non-hydrogen) atoms. The number of ether oxygens (including phenoxy) is 1. The number of hydrogen-bond donors (Lipinski definition) is 1. The van der Waals surface area contributed by atoms with Crippen LogP contribution in [0.2, 0.25) is 0 Å². The first kappa shape index (κ1) is 25.7. The van der Waals surface area contributed by atoms with Crippen LogP contribution in [0, 0.1) is 6.92 Å². The number of benzene rings is 3. The lowest BCUT2D eigenvalue weighted by atomic mass is 10.0. The summed E-state index contributed by atoms with van der Waals surface area (Å²) in [5, 5.41) is 15.9. The molecule has 5 aromatic rings. The van der Waals surface area contributed by atoms with Crippen molar-refractivity contribution in [1.82, 2.24) is 19.9 Å². The third-order valence-electron chi connectivity index (χ3n) is 7.07. The van der Waals surface area contributed by atoms with Gasteiger partial charge in [0.1, 0.15) is 24.2 Å². The molecule has 7 nitrogen and oxygen atoms in total. The van der Waals surface area contributed by atoms with E-state index >= 15 is 0 Å². The van der Waals surface area contributed by atoms with Gasteiger partial charge in [-0.25, -0.2) is 4.98 Å². The first-order valence-electron chi connectivity index (χ1n) is 13.3. The van der Waals surface area contributed by atoms with Crippen molar-refractivity contribution in [2.75, 3.05) is 39.3 Å². The molecule has 1 aliphatic heterocycles. The molecule has 0 radical (unpaired) electrons. The normalized spacial score (nSPS) is 15.5. The maximum absolute atomic E-state index is 10.6. The molecule has 1 unspecified atom stereocenters. The number of nitrogens with zero attached hydrogens (tertiary/aromatic N) is 4. The fraction of sp³-hybridized carbons (Fsp3) is 0.290. The number of β-amino-alcohol motifs (C(OH)–C–C–N with tert-alkyl or cyclic N) is 1. The molecule has 0 saturated carbocycles. The van der Waals surface area contributed by atoms with Gasteiger partial charge in [0.2, 0.25) is 0 Å². The summed E-state index contributed by atoms with van der Waals surface area (Å²) >= 11 is 1.67. The number of aryl methyl sites for hydroxylation is 1. The van der Waals surface area contributed by atoms with E-state index in [1.807, 2.05) is 37.3 Å². The Kier molecular flexibility index (Phi) is 7.69. The van der Waals surface area contributed by atoms with Gasteiger partial charge in [0.25, 0.3) is 0 Å². The highest BCUT2D eigenvalue weighted by atomic mass is 32.1. The molecule has 2 aromatic heterocycles. The zero-order valence-electron chi connectivity index (χ0n) is 22.0. The van der Waals surface area contributed by atoms with Crippen LogP contribution in [-0.2, 0) is 6.54 Å². The van der Waals surface area contributed by atoms with Gasteiger partial charge in [-0.1, -0.05) is 59.8 Å². The smallest absolute Gasteiger partial charge is 0.151 e. The molecule has 1 atom stereocenters. The third kappa shape index (κ3) is 6.37. The Balaban J connectivity index is 0.951. The molecule has 1 fully saturated rings. The van der Waals surface area contributed by atoms with Crippen LogP contribution in [-0.4, -0.2) is 70.5 Å². The molecule has 0 spiro atoms. The van der Waals surface area contributed by atoms with E-state index in [1.165, 1.54) is 11.1 Å². The van der Waals surface area contributed by atoms with Crippen molar-refractivity contribution < 1.29 is 14.4 Å². The van der Waals surface area contributed by atoms with Gasteiger partial charge in [-0.15, -0.1) is 11.3 Å². The van der Waals surface area contributed by atoms with Crippen LogP contribution in [0.1, 0.15) is 10.8 Å².